The van der Waals surface area contributed by atoms with Crippen molar-refractivity contribution in [1.29, 1.82) is 0 Å². The van der Waals surface area contributed by atoms with Crippen LogP contribution in [0.3, 0.4) is 0 Å². The van der Waals surface area contributed by atoms with Gasteiger partial charge in [-0.3, -0.25) is 0 Å². The molecule has 3 N–H and O–H groups in total. The molecule has 0 saturated heterocycles. The van der Waals surface area contributed by atoms with E-state index in [0.29, 0.717) is 0 Å². The van der Waals surface area contributed by atoms with E-state index >= 15 is 0 Å². The first-order valence-electron chi connectivity index (χ1n) is 5.61. The standard InChI is InChI=1S/C13H16N2/c14-13(7-8-13)6-4-10-2-1-3-11-5-9-15-12(10)11/h1-3,5,9,15H,4,6-8,14H2. The maximum atomic E-state index is 6.10. The van der Waals surface area contributed by atoms with Crippen LogP contribution in [0.4, 0.5) is 0 Å². The van der Waals surface area contributed by atoms with Gasteiger partial charge in [-0.05, 0) is 42.7 Å². The lowest BCUT2D eigenvalue weighted by Crippen LogP contribution is -2.22. The smallest absolute Gasteiger partial charge is 0.0486 e. The van der Waals surface area contributed by atoms with E-state index in [0.717, 1.165) is 12.8 Å². The predicted molar refractivity (Wildman–Crippen MR) is 62.8 cm³/mol. The summed E-state index contributed by atoms with van der Waals surface area (Å²) in [5.41, 5.74) is 8.94. The number of aryl methyl sites for hydroxylation is 1. The van der Waals surface area contributed by atoms with Crippen molar-refractivity contribution in [1.82, 2.24) is 4.98 Å². The summed E-state index contributed by atoms with van der Waals surface area (Å²) in [4.78, 5) is 3.30. The van der Waals surface area contributed by atoms with E-state index in [2.05, 4.69) is 29.2 Å². The molecule has 0 atom stereocenters. The molecular weight excluding hydrogens is 184 g/mol. The second kappa shape index (κ2) is 3.11. The topological polar surface area (TPSA) is 41.8 Å². The van der Waals surface area contributed by atoms with E-state index in [1.54, 1.807) is 0 Å². The van der Waals surface area contributed by atoms with E-state index in [4.69, 9.17) is 5.73 Å². The second-order valence-electron chi connectivity index (χ2n) is 4.72. The van der Waals surface area contributed by atoms with Crippen LogP contribution in [0.2, 0.25) is 0 Å². The minimum atomic E-state index is 0.161. The lowest BCUT2D eigenvalue weighted by molar-refractivity contribution is 0.610. The fourth-order valence-electron chi connectivity index (χ4n) is 2.15. The summed E-state index contributed by atoms with van der Waals surface area (Å²) in [6.45, 7) is 0. The van der Waals surface area contributed by atoms with Crippen LogP contribution in [-0.2, 0) is 6.42 Å². The number of para-hydroxylation sites is 1. The van der Waals surface area contributed by atoms with Crippen LogP contribution in [0, 0.1) is 0 Å². The van der Waals surface area contributed by atoms with Gasteiger partial charge in [-0.2, -0.15) is 0 Å². The Morgan fingerprint density at radius 1 is 1.27 bits per heavy atom. The summed E-state index contributed by atoms with van der Waals surface area (Å²) in [7, 11) is 0. The molecule has 0 bridgehead atoms. The number of fused-ring (bicyclic) bond motifs is 1. The van der Waals surface area contributed by atoms with Gasteiger partial charge in [-0.1, -0.05) is 18.2 Å². The minimum Gasteiger partial charge on any atom is -0.361 e. The second-order valence-corrected chi connectivity index (χ2v) is 4.72. The first kappa shape index (κ1) is 8.98. The fraction of sp³-hybridized carbons (Fsp3) is 0.385. The minimum absolute atomic E-state index is 0.161. The molecule has 1 aromatic carbocycles. The van der Waals surface area contributed by atoms with E-state index < -0.39 is 0 Å². The van der Waals surface area contributed by atoms with Crippen molar-refractivity contribution in [2.75, 3.05) is 0 Å². The number of hydrogen-bond acceptors (Lipinski definition) is 1. The summed E-state index contributed by atoms with van der Waals surface area (Å²) in [6, 6.07) is 8.59. The molecule has 15 heavy (non-hydrogen) atoms. The van der Waals surface area contributed by atoms with E-state index in [1.165, 1.54) is 29.3 Å². The van der Waals surface area contributed by atoms with Crippen molar-refractivity contribution >= 4 is 10.9 Å². The maximum Gasteiger partial charge on any atom is 0.0486 e. The number of H-pyrrole nitrogens is 1. The molecule has 0 aliphatic heterocycles. The van der Waals surface area contributed by atoms with Gasteiger partial charge in [0.15, 0.2) is 0 Å². The van der Waals surface area contributed by atoms with Gasteiger partial charge in [-0.25, -0.2) is 0 Å². The van der Waals surface area contributed by atoms with Crippen LogP contribution in [0.5, 0.6) is 0 Å². The van der Waals surface area contributed by atoms with Crippen LogP contribution in [0.25, 0.3) is 10.9 Å². The molecule has 0 amide bonds. The molecule has 1 aliphatic rings. The molecule has 0 unspecified atom stereocenters. The number of nitrogens with one attached hydrogen (secondary N) is 1. The summed E-state index contributed by atoms with van der Waals surface area (Å²) in [5.74, 6) is 0. The molecule has 0 radical (unpaired) electrons. The van der Waals surface area contributed by atoms with Crippen LogP contribution < -0.4 is 5.73 Å². The monoisotopic (exact) mass is 200 g/mol. The molecule has 0 spiro atoms. The first-order chi connectivity index (χ1) is 7.27. The number of benzene rings is 1. The van der Waals surface area contributed by atoms with Crippen molar-refractivity contribution in [3.8, 4) is 0 Å². The highest BCUT2D eigenvalue weighted by atomic mass is 14.8. The molecule has 1 aliphatic carbocycles. The van der Waals surface area contributed by atoms with Crippen molar-refractivity contribution in [3.05, 3.63) is 36.0 Å². The van der Waals surface area contributed by atoms with Crippen LogP contribution >= 0.6 is 0 Å². The Balaban J connectivity index is 1.86. The third-order valence-electron chi connectivity index (χ3n) is 3.46. The van der Waals surface area contributed by atoms with Crippen LogP contribution in [0.1, 0.15) is 24.8 Å². The molecule has 3 rings (SSSR count). The number of nitrogens with two attached hydrogens (primary N) is 1. The number of hydrogen-bond donors (Lipinski definition) is 2. The zero-order valence-corrected chi connectivity index (χ0v) is 8.79. The van der Waals surface area contributed by atoms with Crippen LogP contribution in [0.15, 0.2) is 30.5 Å². The highest BCUT2D eigenvalue weighted by Crippen LogP contribution is 2.37. The van der Waals surface area contributed by atoms with Gasteiger partial charge in [0.25, 0.3) is 0 Å². The van der Waals surface area contributed by atoms with Crippen LogP contribution in [-0.4, -0.2) is 10.5 Å². The highest BCUT2D eigenvalue weighted by molar-refractivity contribution is 5.82. The Kier molecular flexibility index (Phi) is 1.86. The Morgan fingerprint density at radius 2 is 2.13 bits per heavy atom. The molecule has 2 aromatic rings. The SMILES string of the molecule is NC1(CCc2cccc3cc[nH]c23)CC1. The molecule has 2 heteroatoms. The number of aromatic nitrogens is 1. The molecule has 1 heterocycles. The zero-order chi connectivity index (χ0) is 10.3. The van der Waals surface area contributed by atoms with E-state index in [9.17, 15) is 0 Å². The summed E-state index contributed by atoms with van der Waals surface area (Å²) < 4.78 is 0. The van der Waals surface area contributed by atoms with Crippen molar-refractivity contribution in [3.63, 3.8) is 0 Å². The van der Waals surface area contributed by atoms with Crippen molar-refractivity contribution in [2.24, 2.45) is 5.73 Å². The number of aromatic amines is 1. The molecule has 1 fully saturated rings. The van der Waals surface area contributed by atoms with Gasteiger partial charge in [-0.15, -0.1) is 0 Å². The van der Waals surface area contributed by atoms with Gasteiger partial charge in [0.2, 0.25) is 0 Å². The Hall–Kier alpha value is -1.28. The lowest BCUT2D eigenvalue weighted by atomic mass is 10.0. The van der Waals surface area contributed by atoms with E-state index in [1.807, 2.05) is 6.20 Å². The van der Waals surface area contributed by atoms with Gasteiger partial charge >= 0.3 is 0 Å². The molecule has 1 aromatic heterocycles. The third-order valence-corrected chi connectivity index (χ3v) is 3.46. The Morgan fingerprint density at radius 3 is 2.93 bits per heavy atom. The first-order valence-corrected chi connectivity index (χ1v) is 5.61. The van der Waals surface area contributed by atoms with Gasteiger partial charge in [0.05, 0.1) is 0 Å². The van der Waals surface area contributed by atoms with Gasteiger partial charge in [0.1, 0.15) is 0 Å². The lowest BCUT2D eigenvalue weighted by Gasteiger charge is -2.08. The Bertz CT molecular complexity index is 480. The maximum absolute atomic E-state index is 6.10. The highest BCUT2D eigenvalue weighted by Gasteiger charge is 2.37. The number of rotatable bonds is 3. The molecule has 78 valence electrons. The molecule has 2 nitrogen and oxygen atoms in total. The largest absolute Gasteiger partial charge is 0.361 e. The summed E-state index contributed by atoms with van der Waals surface area (Å²) in [5, 5.41) is 1.30. The molecule has 1 saturated carbocycles. The van der Waals surface area contributed by atoms with Gasteiger partial charge < -0.3 is 10.7 Å². The third kappa shape index (κ3) is 1.65. The molecular formula is C13H16N2. The Labute approximate surface area is 89.5 Å². The van der Waals surface area contributed by atoms with E-state index in [-0.39, 0.29) is 5.54 Å². The van der Waals surface area contributed by atoms with Crippen molar-refractivity contribution in [2.45, 2.75) is 31.2 Å². The summed E-state index contributed by atoms with van der Waals surface area (Å²) in [6.07, 6.45) is 6.62. The average molecular weight is 200 g/mol. The average Bonchev–Trinajstić information content (AvgIpc) is 2.80. The van der Waals surface area contributed by atoms with Gasteiger partial charge in [0, 0.05) is 17.3 Å². The quantitative estimate of drug-likeness (QED) is 0.785. The zero-order valence-electron chi connectivity index (χ0n) is 8.79. The fourth-order valence-corrected chi connectivity index (χ4v) is 2.15. The normalized spacial score (nSPS) is 18.2. The van der Waals surface area contributed by atoms with Crippen molar-refractivity contribution < 1.29 is 0 Å². The summed E-state index contributed by atoms with van der Waals surface area (Å²) >= 11 is 0. The predicted octanol–water partition coefficient (Wildman–Crippen LogP) is 2.59.